The normalized spacial score (nSPS) is 31.5. The van der Waals surface area contributed by atoms with E-state index in [1.807, 2.05) is 0 Å². The SMILES string of the molecule is Cc1nc(N2CCCC2)nc(N2C[C@H]3C[C@@H](O)[C@H]3C2)c1C. The van der Waals surface area contributed by atoms with Crippen molar-refractivity contribution in [2.75, 3.05) is 36.0 Å². The molecule has 3 atom stereocenters. The molecule has 0 radical (unpaired) electrons. The van der Waals surface area contributed by atoms with E-state index in [1.54, 1.807) is 0 Å². The number of anilines is 2. The van der Waals surface area contributed by atoms with Gasteiger partial charge in [-0.3, -0.25) is 0 Å². The van der Waals surface area contributed by atoms with Gasteiger partial charge in [0.25, 0.3) is 0 Å². The Morgan fingerprint density at radius 1 is 1.05 bits per heavy atom. The maximum absolute atomic E-state index is 9.87. The zero-order chi connectivity index (χ0) is 14.6. The molecule has 1 aromatic rings. The Morgan fingerprint density at radius 3 is 2.48 bits per heavy atom. The summed E-state index contributed by atoms with van der Waals surface area (Å²) in [5, 5.41) is 9.87. The molecule has 3 aliphatic rings. The first-order valence-electron chi connectivity index (χ1n) is 8.16. The van der Waals surface area contributed by atoms with Gasteiger partial charge in [-0.25, -0.2) is 4.98 Å². The van der Waals surface area contributed by atoms with Crippen LogP contribution in [0.5, 0.6) is 0 Å². The first-order valence-corrected chi connectivity index (χ1v) is 8.16. The van der Waals surface area contributed by atoms with Crippen LogP contribution in [0, 0.1) is 25.7 Å². The standard InChI is InChI=1S/C16H24N4O/c1-10-11(2)17-16(19-5-3-4-6-19)18-15(10)20-8-12-7-14(21)13(12)9-20/h12-14,21H,3-9H2,1-2H3/t12-,13+,14-/m1/s1. The molecule has 0 unspecified atom stereocenters. The zero-order valence-electron chi connectivity index (χ0n) is 12.9. The van der Waals surface area contributed by atoms with Crippen molar-refractivity contribution in [1.82, 2.24) is 9.97 Å². The van der Waals surface area contributed by atoms with Crippen LogP contribution in [-0.4, -0.2) is 47.4 Å². The van der Waals surface area contributed by atoms with Crippen LogP contribution in [0.3, 0.4) is 0 Å². The van der Waals surface area contributed by atoms with Crippen molar-refractivity contribution < 1.29 is 5.11 Å². The number of hydrogen-bond donors (Lipinski definition) is 1. The minimum Gasteiger partial charge on any atom is -0.393 e. The first kappa shape index (κ1) is 13.3. The van der Waals surface area contributed by atoms with E-state index in [4.69, 9.17) is 9.97 Å². The van der Waals surface area contributed by atoms with E-state index in [0.29, 0.717) is 11.8 Å². The second-order valence-corrected chi connectivity index (χ2v) is 6.88. The molecule has 0 aromatic carbocycles. The highest BCUT2D eigenvalue weighted by Gasteiger charge is 2.46. The Kier molecular flexibility index (Phi) is 3.06. The number of fused-ring (bicyclic) bond motifs is 1. The third-order valence-corrected chi connectivity index (χ3v) is 5.57. The second kappa shape index (κ2) is 4.83. The number of aromatic nitrogens is 2. The Hall–Kier alpha value is -1.36. The van der Waals surface area contributed by atoms with E-state index in [9.17, 15) is 5.11 Å². The molecule has 1 N–H and O–H groups in total. The minimum atomic E-state index is -0.0960. The van der Waals surface area contributed by atoms with Crippen LogP contribution in [0.2, 0.25) is 0 Å². The third kappa shape index (κ3) is 2.09. The highest BCUT2D eigenvalue weighted by molar-refractivity contribution is 5.54. The molecule has 3 fully saturated rings. The third-order valence-electron chi connectivity index (χ3n) is 5.57. The predicted octanol–water partition coefficient (Wildman–Crippen LogP) is 1.51. The molecule has 3 heterocycles. The Balaban J connectivity index is 1.64. The fourth-order valence-corrected chi connectivity index (χ4v) is 4.01. The Bertz CT molecular complexity index is 555. The van der Waals surface area contributed by atoms with Crippen molar-refractivity contribution in [3.05, 3.63) is 11.3 Å². The van der Waals surface area contributed by atoms with Crippen molar-refractivity contribution in [2.24, 2.45) is 11.8 Å². The molecule has 4 rings (SSSR count). The fourth-order valence-electron chi connectivity index (χ4n) is 4.01. The molecule has 0 bridgehead atoms. The van der Waals surface area contributed by atoms with E-state index >= 15 is 0 Å². The van der Waals surface area contributed by atoms with Gasteiger partial charge >= 0.3 is 0 Å². The van der Waals surface area contributed by atoms with Gasteiger partial charge in [0.05, 0.1) is 6.10 Å². The summed E-state index contributed by atoms with van der Waals surface area (Å²) >= 11 is 0. The van der Waals surface area contributed by atoms with Crippen LogP contribution in [0.25, 0.3) is 0 Å². The summed E-state index contributed by atoms with van der Waals surface area (Å²) in [5.74, 6) is 3.09. The first-order chi connectivity index (χ1) is 10.1. The second-order valence-electron chi connectivity index (χ2n) is 6.88. The van der Waals surface area contributed by atoms with Crippen LogP contribution in [0.1, 0.15) is 30.5 Å². The summed E-state index contributed by atoms with van der Waals surface area (Å²) in [4.78, 5) is 14.2. The predicted molar refractivity (Wildman–Crippen MR) is 82.8 cm³/mol. The largest absolute Gasteiger partial charge is 0.393 e. The molecule has 5 nitrogen and oxygen atoms in total. The van der Waals surface area contributed by atoms with Crippen LogP contribution in [0.4, 0.5) is 11.8 Å². The van der Waals surface area contributed by atoms with Crippen molar-refractivity contribution in [3.8, 4) is 0 Å². The number of hydrogen-bond acceptors (Lipinski definition) is 5. The molecule has 1 aliphatic carbocycles. The topological polar surface area (TPSA) is 52.5 Å². The van der Waals surface area contributed by atoms with E-state index in [1.165, 1.54) is 18.4 Å². The molecule has 0 spiro atoms. The Morgan fingerprint density at radius 2 is 1.81 bits per heavy atom. The zero-order valence-corrected chi connectivity index (χ0v) is 12.9. The molecule has 5 heteroatoms. The highest BCUT2D eigenvalue weighted by Crippen LogP contribution is 2.42. The van der Waals surface area contributed by atoms with Gasteiger partial charge in [-0.05, 0) is 39.0 Å². The van der Waals surface area contributed by atoms with Crippen molar-refractivity contribution in [2.45, 2.75) is 39.2 Å². The maximum Gasteiger partial charge on any atom is 0.227 e. The summed E-state index contributed by atoms with van der Waals surface area (Å²) in [6, 6.07) is 0. The molecule has 2 aliphatic heterocycles. The van der Waals surface area contributed by atoms with Gasteiger partial charge in [0.1, 0.15) is 5.82 Å². The summed E-state index contributed by atoms with van der Waals surface area (Å²) in [7, 11) is 0. The average Bonchev–Trinajstić information content (AvgIpc) is 3.09. The lowest BCUT2D eigenvalue weighted by molar-refractivity contribution is -0.00398. The molecular weight excluding hydrogens is 264 g/mol. The molecule has 21 heavy (non-hydrogen) atoms. The van der Waals surface area contributed by atoms with Gasteiger partial charge in [0, 0.05) is 43.4 Å². The lowest BCUT2D eigenvalue weighted by Crippen LogP contribution is -2.39. The monoisotopic (exact) mass is 288 g/mol. The summed E-state index contributed by atoms with van der Waals surface area (Å²) < 4.78 is 0. The number of aliphatic hydroxyl groups excluding tert-OH is 1. The van der Waals surface area contributed by atoms with E-state index in [0.717, 1.165) is 50.1 Å². The van der Waals surface area contributed by atoms with Gasteiger partial charge in [-0.15, -0.1) is 0 Å². The highest BCUT2D eigenvalue weighted by atomic mass is 16.3. The molecule has 1 aromatic heterocycles. The number of rotatable bonds is 2. The lowest BCUT2D eigenvalue weighted by atomic mass is 9.74. The minimum absolute atomic E-state index is 0.0960. The summed E-state index contributed by atoms with van der Waals surface area (Å²) in [6.45, 7) is 8.34. The fraction of sp³-hybridized carbons (Fsp3) is 0.750. The molecule has 0 amide bonds. The van der Waals surface area contributed by atoms with Gasteiger partial charge < -0.3 is 14.9 Å². The van der Waals surface area contributed by atoms with Crippen molar-refractivity contribution >= 4 is 11.8 Å². The van der Waals surface area contributed by atoms with Gasteiger partial charge in [0.2, 0.25) is 5.95 Å². The van der Waals surface area contributed by atoms with E-state index in [-0.39, 0.29) is 6.10 Å². The smallest absolute Gasteiger partial charge is 0.227 e. The summed E-state index contributed by atoms with van der Waals surface area (Å²) in [5.41, 5.74) is 2.27. The van der Waals surface area contributed by atoms with Gasteiger partial charge in [0.15, 0.2) is 0 Å². The quantitative estimate of drug-likeness (QED) is 0.894. The van der Waals surface area contributed by atoms with Crippen molar-refractivity contribution in [1.29, 1.82) is 0 Å². The maximum atomic E-state index is 9.87. The van der Waals surface area contributed by atoms with E-state index in [2.05, 4.69) is 23.6 Å². The molecule has 1 saturated carbocycles. The number of aliphatic hydroxyl groups is 1. The van der Waals surface area contributed by atoms with Gasteiger partial charge in [-0.2, -0.15) is 4.98 Å². The summed E-state index contributed by atoms with van der Waals surface area (Å²) in [6.07, 6.45) is 3.35. The van der Waals surface area contributed by atoms with Crippen LogP contribution in [0.15, 0.2) is 0 Å². The Labute approximate surface area is 126 Å². The molecule has 114 valence electrons. The van der Waals surface area contributed by atoms with Gasteiger partial charge in [-0.1, -0.05) is 0 Å². The number of nitrogens with zero attached hydrogens (tertiary/aromatic N) is 4. The van der Waals surface area contributed by atoms with E-state index < -0.39 is 0 Å². The van der Waals surface area contributed by atoms with Crippen LogP contribution in [-0.2, 0) is 0 Å². The average molecular weight is 288 g/mol. The van der Waals surface area contributed by atoms with Crippen LogP contribution >= 0.6 is 0 Å². The molecular formula is C16H24N4O. The lowest BCUT2D eigenvalue weighted by Gasteiger charge is -2.34. The van der Waals surface area contributed by atoms with Crippen LogP contribution < -0.4 is 9.80 Å². The molecule has 2 saturated heterocycles. The van der Waals surface area contributed by atoms with Crippen molar-refractivity contribution in [3.63, 3.8) is 0 Å². The number of aryl methyl sites for hydroxylation is 1.